The van der Waals surface area contributed by atoms with Gasteiger partial charge in [-0.1, -0.05) is 24.4 Å². The normalized spacial score (nSPS) is 17.7. The van der Waals surface area contributed by atoms with Crippen LogP contribution in [0.1, 0.15) is 36.0 Å². The maximum Gasteiger partial charge on any atom is 0.254 e. The molecule has 1 fully saturated rings. The third-order valence-corrected chi connectivity index (χ3v) is 4.11. The second-order valence-corrected chi connectivity index (χ2v) is 5.40. The molecule has 1 aliphatic rings. The zero-order chi connectivity index (χ0) is 13.2. The van der Waals surface area contributed by atoms with Crippen molar-refractivity contribution in [1.82, 2.24) is 5.32 Å². The Morgan fingerprint density at radius 3 is 2.67 bits per heavy atom. The molecule has 2 nitrogen and oxygen atoms in total. The second kappa shape index (κ2) is 5.45. The fourth-order valence-corrected chi connectivity index (χ4v) is 2.83. The van der Waals surface area contributed by atoms with E-state index in [4.69, 9.17) is 23.2 Å². The summed E-state index contributed by atoms with van der Waals surface area (Å²) in [6.45, 7) is 0. The Bertz CT molecular complexity index is 458. The summed E-state index contributed by atoms with van der Waals surface area (Å²) in [5.74, 6) is -0.668. The number of hydrogen-bond donors (Lipinski definition) is 1. The van der Waals surface area contributed by atoms with Crippen molar-refractivity contribution < 1.29 is 9.18 Å². The van der Waals surface area contributed by atoms with E-state index in [0.29, 0.717) is 10.9 Å². The van der Waals surface area contributed by atoms with Gasteiger partial charge in [-0.15, -0.1) is 11.6 Å². The summed E-state index contributed by atoms with van der Waals surface area (Å²) in [6, 6.07) is 3.95. The number of alkyl halides is 1. The first-order valence-electron chi connectivity index (χ1n) is 5.90. The molecule has 18 heavy (non-hydrogen) atoms. The fraction of sp³-hybridized carbons (Fsp3) is 0.462. The third-order valence-electron chi connectivity index (χ3n) is 3.37. The minimum absolute atomic E-state index is 0.0288. The van der Waals surface area contributed by atoms with Gasteiger partial charge in [0.15, 0.2) is 0 Å². The van der Waals surface area contributed by atoms with Gasteiger partial charge < -0.3 is 5.32 Å². The lowest BCUT2D eigenvalue weighted by Crippen LogP contribution is -2.48. The van der Waals surface area contributed by atoms with Gasteiger partial charge in [-0.3, -0.25) is 4.79 Å². The van der Waals surface area contributed by atoms with E-state index in [2.05, 4.69) is 5.32 Å². The lowest BCUT2D eigenvalue weighted by atomic mass is 9.99. The molecule has 1 amide bonds. The Hall–Kier alpha value is -0.800. The summed E-state index contributed by atoms with van der Waals surface area (Å²) in [4.78, 5) is 12.1. The second-order valence-electron chi connectivity index (χ2n) is 4.70. The number of benzene rings is 1. The molecule has 0 atom stereocenters. The first kappa shape index (κ1) is 13.6. The molecule has 0 heterocycles. The van der Waals surface area contributed by atoms with Gasteiger partial charge in [-0.05, 0) is 31.0 Å². The van der Waals surface area contributed by atoms with E-state index < -0.39 is 17.3 Å². The zero-order valence-electron chi connectivity index (χ0n) is 9.81. The van der Waals surface area contributed by atoms with Crippen molar-refractivity contribution in [3.63, 3.8) is 0 Å². The van der Waals surface area contributed by atoms with E-state index in [1.54, 1.807) is 0 Å². The monoisotopic (exact) mass is 289 g/mol. The van der Waals surface area contributed by atoms with E-state index in [1.165, 1.54) is 18.2 Å². The van der Waals surface area contributed by atoms with Gasteiger partial charge in [0.25, 0.3) is 5.91 Å². The van der Waals surface area contributed by atoms with Gasteiger partial charge in [0, 0.05) is 10.9 Å². The minimum Gasteiger partial charge on any atom is -0.345 e. The number of halogens is 3. The number of hydrogen-bond acceptors (Lipinski definition) is 1. The lowest BCUT2D eigenvalue weighted by Gasteiger charge is -2.27. The van der Waals surface area contributed by atoms with Crippen LogP contribution in [-0.2, 0) is 0 Å². The summed E-state index contributed by atoms with van der Waals surface area (Å²) in [7, 11) is 0. The molecule has 0 radical (unpaired) electrons. The van der Waals surface area contributed by atoms with Crippen LogP contribution >= 0.6 is 23.2 Å². The van der Waals surface area contributed by atoms with Crippen molar-refractivity contribution >= 4 is 29.1 Å². The molecule has 1 N–H and O–H groups in total. The van der Waals surface area contributed by atoms with E-state index in [-0.39, 0.29) is 5.56 Å². The van der Waals surface area contributed by atoms with Crippen LogP contribution < -0.4 is 5.32 Å². The molecule has 0 spiro atoms. The van der Waals surface area contributed by atoms with Crippen LogP contribution in [0, 0.1) is 5.82 Å². The number of nitrogens with one attached hydrogen (secondary N) is 1. The molecule has 0 aliphatic heterocycles. The highest BCUT2D eigenvalue weighted by molar-refractivity contribution is 6.31. The van der Waals surface area contributed by atoms with Crippen molar-refractivity contribution in [3.8, 4) is 0 Å². The van der Waals surface area contributed by atoms with E-state index in [0.717, 1.165) is 25.7 Å². The van der Waals surface area contributed by atoms with Crippen LogP contribution in [0.15, 0.2) is 18.2 Å². The third kappa shape index (κ3) is 2.78. The van der Waals surface area contributed by atoms with E-state index in [1.807, 2.05) is 0 Å². The zero-order valence-corrected chi connectivity index (χ0v) is 11.3. The number of carbonyl (C=O) groups excluding carboxylic acids is 1. The quantitative estimate of drug-likeness (QED) is 0.844. The highest BCUT2D eigenvalue weighted by Crippen LogP contribution is 2.31. The molecule has 5 heteroatoms. The van der Waals surface area contributed by atoms with Crippen LogP contribution in [0.25, 0.3) is 0 Å². The fourth-order valence-electron chi connectivity index (χ4n) is 2.32. The summed E-state index contributed by atoms with van der Waals surface area (Å²) in [5.41, 5.74) is -0.424. The molecule has 0 bridgehead atoms. The smallest absolute Gasteiger partial charge is 0.254 e. The predicted molar refractivity (Wildman–Crippen MR) is 70.8 cm³/mol. The molecule has 2 rings (SSSR count). The van der Waals surface area contributed by atoms with Crippen LogP contribution in [0.5, 0.6) is 0 Å². The molecule has 1 aliphatic carbocycles. The molecule has 1 aromatic carbocycles. The Morgan fingerprint density at radius 1 is 1.39 bits per heavy atom. The summed E-state index contributed by atoms with van der Waals surface area (Å²) >= 11 is 11.7. The SMILES string of the molecule is O=C(NC1(CCl)CCCC1)c1cc(Cl)ccc1F. The Balaban J connectivity index is 2.18. The van der Waals surface area contributed by atoms with Crippen LogP contribution in [0.2, 0.25) is 5.02 Å². The number of amides is 1. The largest absolute Gasteiger partial charge is 0.345 e. The molecule has 0 aromatic heterocycles. The first-order valence-corrected chi connectivity index (χ1v) is 6.81. The van der Waals surface area contributed by atoms with Crippen molar-refractivity contribution in [2.24, 2.45) is 0 Å². The molecule has 98 valence electrons. The summed E-state index contributed by atoms with van der Waals surface area (Å²) < 4.78 is 13.6. The van der Waals surface area contributed by atoms with Crippen molar-refractivity contribution in [2.75, 3.05) is 5.88 Å². The molecule has 1 aromatic rings. The molecule has 1 saturated carbocycles. The Labute approximate surface area is 115 Å². The Morgan fingerprint density at radius 2 is 2.06 bits per heavy atom. The van der Waals surface area contributed by atoms with Crippen LogP contribution in [0.4, 0.5) is 4.39 Å². The van der Waals surface area contributed by atoms with Gasteiger partial charge in [0.2, 0.25) is 0 Å². The highest BCUT2D eigenvalue weighted by atomic mass is 35.5. The van der Waals surface area contributed by atoms with Crippen LogP contribution in [-0.4, -0.2) is 17.3 Å². The average molecular weight is 290 g/mol. The van der Waals surface area contributed by atoms with Crippen molar-refractivity contribution in [2.45, 2.75) is 31.2 Å². The Kier molecular flexibility index (Phi) is 4.13. The van der Waals surface area contributed by atoms with E-state index >= 15 is 0 Å². The molecular weight excluding hydrogens is 276 g/mol. The average Bonchev–Trinajstić information content (AvgIpc) is 2.81. The van der Waals surface area contributed by atoms with Gasteiger partial charge in [-0.25, -0.2) is 4.39 Å². The van der Waals surface area contributed by atoms with Crippen LogP contribution in [0.3, 0.4) is 0 Å². The van der Waals surface area contributed by atoms with Crippen molar-refractivity contribution in [1.29, 1.82) is 0 Å². The molecular formula is C13H14Cl2FNO. The maximum absolute atomic E-state index is 13.6. The van der Waals surface area contributed by atoms with Gasteiger partial charge in [0.05, 0.1) is 11.1 Å². The molecule has 0 saturated heterocycles. The number of carbonyl (C=O) groups is 1. The summed E-state index contributed by atoms with van der Waals surface area (Å²) in [5, 5.41) is 3.20. The predicted octanol–water partition coefficient (Wildman–Crippen LogP) is 3.76. The van der Waals surface area contributed by atoms with E-state index in [9.17, 15) is 9.18 Å². The topological polar surface area (TPSA) is 29.1 Å². The van der Waals surface area contributed by atoms with Gasteiger partial charge in [0.1, 0.15) is 5.82 Å². The first-order chi connectivity index (χ1) is 8.56. The van der Waals surface area contributed by atoms with Gasteiger partial charge >= 0.3 is 0 Å². The van der Waals surface area contributed by atoms with Crippen molar-refractivity contribution in [3.05, 3.63) is 34.6 Å². The lowest BCUT2D eigenvalue weighted by molar-refractivity contribution is 0.0905. The highest BCUT2D eigenvalue weighted by Gasteiger charge is 2.35. The molecule has 0 unspecified atom stereocenters. The van der Waals surface area contributed by atoms with Gasteiger partial charge in [-0.2, -0.15) is 0 Å². The minimum atomic E-state index is -0.570. The summed E-state index contributed by atoms with van der Waals surface area (Å²) in [6.07, 6.45) is 3.74. The number of rotatable bonds is 3. The standard InChI is InChI=1S/C13H14Cl2FNO/c14-8-13(5-1-2-6-13)17-12(18)10-7-9(15)3-4-11(10)16/h3-4,7H,1-2,5-6,8H2,(H,17,18). The maximum atomic E-state index is 13.6.